The molecule has 2 rings (SSSR count). The smallest absolute Gasteiger partial charge is 0.193 e. The first-order valence-electron chi connectivity index (χ1n) is 9.45. The normalized spacial score (nSPS) is 10.7. The fraction of sp³-hybridized carbons (Fsp3) is 0.364. The highest BCUT2D eigenvalue weighted by molar-refractivity contribution is 14.0. The average Bonchev–Trinajstić information content (AvgIpc) is 2.71. The Labute approximate surface area is 185 Å². The zero-order valence-electron chi connectivity index (χ0n) is 16.8. The quantitative estimate of drug-likeness (QED) is 0.172. The first-order chi connectivity index (χ1) is 13.2. The summed E-state index contributed by atoms with van der Waals surface area (Å²) in [6.45, 7) is 8.72. The maximum absolute atomic E-state index is 5.85. The highest BCUT2D eigenvalue weighted by Gasteiger charge is 2.05. The topological polar surface area (TPSA) is 49.8 Å². The number of hydrogen-bond acceptors (Lipinski definition) is 3. The highest BCUT2D eigenvalue weighted by Crippen LogP contribution is 2.15. The predicted molar refractivity (Wildman–Crippen MR) is 127 cm³/mol. The molecule has 0 unspecified atom stereocenters. The van der Waals surface area contributed by atoms with Crippen molar-refractivity contribution in [2.75, 3.05) is 20.1 Å². The van der Waals surface area contributed by atoms with Gasteiger partial charge in [-0.05, 0) is 49.6 Å². The molecule has 0 spiro atoms. The summed E-state index contributed by atoms with van der Waals surface area (Å²) in [5, 5.41) is 3.35. The Morgan fingerprint density at radius 3 is 2.86 bits per heavy atom. The summed E-state index contributed by atoms with van der Waals surface area (Å²) in [6.07, 6.45) is 5.81. The van der Waals surface area contributed by atoms with Gasteiger partial charge >= 0.3 is 0 Å². The number of aromatic nitrogens is 1. The number of benzene rings is 1. The van der Waals surface area contributed by atoms with Gasteiger partial charge in [0, 0.05) is 26.3 Å². The molecular weight excluding hydrogens is 463 g/mol. The van der Waals surface area contributed by atoms with Gasteiger partial charge < -0.3 is 15.0 Å². The summed E-state index contributed by atoms with van der Waals surface area (Å²) in [4.78, 5) is 11.2. The van der Waals surface area contributed by atoms with E-state index in [2.05, 4.69) is 41.8 Å². The van der Waals surface area contributed by atoms with Crippen LogP contribution in [0.5, 0.6) is 5.75 Å². The van der Waals surface area contributed by atoms with Crippen LogP contribution in [-0.4, -0.2) is 36.0 Å². The zero-order chi connectivity index (χ0) is 19.3. The molecule has 0 radical (unpaired) electrons. The minimum atomic E-state index is 0. The van der Waals surface area contributed by atoms with Crippen LogP contribution in [0.15, 0.2) is 66.3 Å². The molecule has 152 valence electrons. The molecule has 5 nitrogen and oxygen atoms in total. The van der Waals surface area contributed by atoms with Crippen LogP contribution in [0.1, 0.15) is 31.0 Å². The second-order valence-electron chi connectivity index (χ2n) is 6.28. The van der Waals surface area contributed by atoms with E-state index < -0.39 is 0 Å². The lowest BCUT2D eigenvalue weighted by Crippen LogP contribution is -2.39. The third-order valence-electron chi connectivity index (χ3n) is 4.02. The van der Waals surface area contributed by atoms with E-state index in [1.807, 2.05) is 42.5 Å². The van der Waals surface area contributed by atoms with Gasteiger partial charge in [0.15, 0.2) is 5.96 Å². The van der Waals surface area contributed by atoms with E-state index in [0.717, 1.165) is 48.9 Å². The van der Waals surface area contributed by atoms with E-state index in [1.165, 1.54) is 0 Å². The molecule has 0 atom stereocenters. The third kappa shape index (κ3) is 8.73. The van der Waals surface area contributed by atoms with Crippen LogP contribution < -0.4 is 10.1 Å². The van der Waals surface area contributed by atoms with Gasteiger partial charge in [0.2, 0.25) is 0 Å². The Balaban J connectivity index is 0.00000392. The minimum Gasteiger partial charge on any atom is -0.487 e. The lowest BCUT2D eigenvalue weighted by atomic mass is 10.2. The van der Waals surface area contributed by atoms with Crippen LogP contribution in [0.4, 0.5) is 0 Å². The van der Waals surface area contributed by atoms with Crippen LogP contribution in [-0.2, 0) is 13.2 Å². The molecule has 28 heavy (non-hydrogen) atoms. The van der Waals surface area contributed by atoms with Gasteiger partial charge in [0.25, 0.3) is 0 Å². The van der Waals surface area contributed by atoms with Gasteiger partial charge in [-0.15, -0.1) is 30.6 Å². The standard InChI is InChI=1S/C22H30N4O.HI/c1-4-6-9-15-26(3)22(23-5-2)25-17-19-11-10-13-21(16-19)27-18-20-12-7-8-14-24-20;/h4,7-8,10-14,16H,1,5-6,9,15,17-18H2,2-3H3,(H,23,25);1H. The second-order valence-corrected chi connectivity index (χ2v) is 6.28. The molecule has 1 N–H and O–H groups in total. The molecule has 0 aliphatic carbocycles. The van der Waals surface area contributed by atoms with Crippen LogP contribution in [0.3, 0.4) is 0 Å². The van der Waals surface area contributed by atoms with Gasteiger partial charge in [0.05, 0.1) is 12.2 Å². The molecule has 1 aromatic heterocycles. The molecule has 0 aliphatic heterocycles. The molecule has 0 saturated heterocycles. The minimum absolute atomic E-state index is 0. The summed E-state index contributed by atoms with van der Waals surface area (Å²) < 4.78 is 5.85. The number of rotatable bonds is 10. The van der Waals surface area contributed by atoms with E-state index in [-0.39, 0.29) is 24.0 Å². The molecule has 2 aromatic rings. The number of nitrogens with one attached hydrogen (secondary N) is 1. The van der Waals surface area contributed by atoms with Crippen LogP contribution in [0.25, 0.3) is 0 Å². The molecule has 1 heterocycles. The number of hydrogen-bond donors (Lipinski definition) is 1. The number of aliphatic imine (C=N–C) groups is 1. The second kappa shape index (κ2) is 14.0. The number of nitrogens with zero attached hydrogens (tertiary/aromatic N) is 3. The van der Waals surface area contributed by atoms with Crippen LogP contribution in [0.2, 0.25) is 0 Å². The lowest BCUT2D eigenvalue weighted by molar-refractivity contribution is 0.301. The SMILES string of the molecule is C=CCCCN(C)C(=NCc1cccc(OCc2ccccn2)c1)NCC.I. The average molecular weight is 494 g/mol. The maximum Gasteiger partial charge on any atom is 0.193 e. The summed E-state index contributed by atoms with van der Waals surface area (Å²) in [7, 11) is 2.07. The van der Waals surface area contributed by atoms with Crippen molar-refractivity contribution in [2.45, 2.75) is 32.9 Å². The van der Waals surface area contributed by atoms with Crippen molar-refractivity contribution >= 4 is 29.9 Å². The van der Waals surface area contributed by atoms with Crippen molar-refractivity contribution in [1.29, 1.82) is 0 Å². The molecule has 0 fully saturated rings. The Hall–Kier alpha value is -2.09. The van der Waals surface area contributed by atoms with Gasteiger partial charge in [-0.1, -0.05) is 24.3 Å². The molecule has 0 bridgehead atoms. The molecule has 0 aliphatic rings. The molecular formula is C22H31IN4O. The Morgan fingerprint density at radius 2 is 2.14 bits per heavy atom. The van der Waals surface area contributed by atoms with Crippen molar-refractivity contribution in [3.8, 4) is 5.75 Å². The first kappa shape index (κ1) is 23.9. The first-order valence-corrected chi connectivity index (χ1v) is 9.45. The summed E-state index contributed by atoms with van der Waals surface area (Å²) in [5.74, 6) is 1.75. The fourth-order valence-electron chi connectivity index (χ4n) is 2.59. The van der Waals surface area contributed by atoms with E-state index in [0.29, 0.717) is 13.2 Å². The number of halogens is 1. The lowest BCUT2D eigenvalue weighted by Gasteiger charge is -2.21. The van der Waals surface area contributed by atoms with E-state index >= 15 is 0 Å². The van der Waals surface area contributed by atoms with E-state index in [9.17, 15) is 0 Å². The number of ether oxygens (including phenoxy) is 1. The van der Waals surface area contributed by atoms with E-state index in [1.54, 1.807) is 6.20 Å². The van der Waals surface area contributed by atoms with Crippen LogP contribution in [0, 0.1) is 0 Å². The monoisotopic (exact) mass is 494 g/mol. The van der Waals surface area contributed by atoms with Crippen LogP contribution >= 0.6 is 24.0 Å². The highest BCUT2D eigenvalue weighted by atomic mass is 127. The Morgan fingerprint density at radius 1 is 1.29 bits per heavy atom. The van der Waals surface area contributed by atoms with Gasteiger partial charge in [0.1, 0.15) is 12.4 Å². The predicted octanol–water partition coefficient (Wildman–Crippen LogP) is 4.64. The molecule has 0 saturated carbocycles. The Kier molecular flexibility index (Phi) is 12.0. The molecule has 1 aromatic carbocycles. The third-order valence-corrected chi connectivity index (χ3v) is 4.02. The Bertz CT molecular complexity index is 721. The van der Waals surface area contributed by atoms with Gasteiger partial charge in [-0.25, -0.2) is 4.99 Å². The van der Waals surface area contributed by atoms with Crippen molar-refractivity contribution in [2.24, 2.45) is 4.99 Å². The number of pyridine rings is 1. The summed E-state index contributed by atoms with van der Waals surface area (Å²) in [5.41, 5.74) is 2.03. The van der Waals surface area contributed by atoms with Gasteiger partial charge in [-0.3, -0.25) is 4.98 Å². The summed E-state index contributed by atoms with van der Waals surface area (Å²) >= 11 is 0. The van der Waals surface area contributed by atoms with Crippen molar-refractivity contribution in [3.05, 3.63) is 72.6 Å². The molecule has 6 heteroatoms. The number of allylic oxidation sites excluding steroid dienone is 1. The molecule has 0 amide bonds. The summed E-state index contributed by atoms with van der Waals surface area (Å²) in [6, 6.07) is 13.9. The van der Waals surface area contributed by atoms with Crippen molar-refractivity contribution in [1.82, 2.24) is 15.2 Å². The zero-order valence-corrected chi connectivity index (χ0v) is 19.1. The van der Waals surface area contributed by atoms with Gasteiger partial charge in [-0.2, -0.15) is 0 Å². The van der Waals surface area contributed by atoms with Crippen molar-refractivity contribution < 1.29 is 4.74 Å². The largest absolute Gasteiger partial charge is 0.487 e. The van der Waals surface area contributed by atoms with Crippen molar-refractivity contribution in [3.63, 3.8) is 0 Å². The number of unbranched alkanes of at least 4 members (excludes halogenated alkanes) is 1. The number of guanidine groups is 1. The maximum atomic E-state index is 5.85. The van der Waals surface area contributed by atoms with E-state index in [4.69, 9.17) is 9.73 Å². The fourth-order valence-corrected chi connectivity index (χ4v) is 2.59.